The Morgan fingerprint density at radius 1 is 1.11 bits per heavy atom. The molecule has 0 saturated heterocycles. The third kappa shape index (κ3) is 5.59. The van der Waals surface area contributed by atoms with Crippen LogP contribution < -0.4 is 10.1 Å². The Labute approximate surface area is 179 Å². The number of nitrogens with one attached hydrogen (secondary N) is 1. The van der Waals surface area contributed by atoms with Gasteiger partial charge in [-0.25, -0.2) is 9.97 Å². The highest BCUT2D eigenvalue weighted by molar-refractivity contribution is 9.10. The van der Waals surface area contributed by atoms with Gasteiger partial charge in [0, 0.05) is 22.3 Å². The smallest absolute Gasteiger partial charge is 0.159 e. The van der Waals surface area contributed by atoms with E-state index in [-0.39, 0.29) is 0 Å². The molecule has 0 radical (unpaired) electrons. The molecule has 0 unspecified atom stereocenters. The Morgan fingerprint density at radius 2 is 1.86 bits per heavy atom. The number of aromatic nitrogens is 2. The molecule has 7 heteroatoms. The zero-order chi connectivity index (χ0) is 19.9. The topological polar surface area (TPSA) is 50.3 Å². The van der Waals surface area contributed by atoms with Crippen LogP contribution in [0.2, 0.25) is 0 Å². The Morgan fingerprint density at radius 3 is 2.57 bits per heavy atom. The van der Waals surface area contributed by atoms with Crippen molar-refractivity contribution >= 4 is 44.5 Å². The van der Waals surface area contributed by atoms with Crippen molar-refractivity contribution in [2.45, 2.75) is 17.2 Å². The van der Waals surface area contributed by atoms with Crippen LogP contribution in [0.3, 0.4) is 0 Å². The second kappa shape index (κ2) is 10.1. The molecule has 5 nitrogen and oxygen atoms in total. The van der Waals surface area contributed by atoms with Gasteiger partial charge in [0.05, 0.1) is 18.1 Å². The number of methoxy groups -OCH3 is 1. The number of ether oxygens (including phenoxy) is 1. The molecule has 0 atom stereocenters. The van der Waals surface area contributed by atoms with E-state index < -0.39 is 0 Å². The molecule has 0 amide bonds. The molecule has 1 N–H and O–H groups in total. The SMILES string of the molecule is COc1ccc(Br)cc1CSc1nc2ccccc2nc1NCCCN(C)C. The summed E-state index contributed by atoms with van der Waals surface area (Å²) >= 11 is 5.21. The van der Waals surface area contributed by atoms with Crippen molar-refractivity contribution < 1.29 is 4.74 Å². The molecular formula is C21H25BrN4OS. The molecule has 0 aliphatic rings. The van der Waals surface area contributed by atoms with Crippen molar-refractivity contribution in [2.75, 3.05) is 39.6 Å². The van der Waals surface area contributed by atoms with Crippen molar-refractivity contribution in [1.29, 1.82) is 0 Å². The maximum Gasteiger partial charge on any atom is 0.159 e. The monoisotopic (exact) mass is 460 g/mol. The van der Waals surface area contributed by atoms with Crippen molar-refractivity contribution in [3.63, 3.8) is 0 Å². The van der Waals surface area contributed by atoms with Crippen LogP contribution in [0, 0.1) is 0 Å². The van der Waals surface area contributed by atoms with E-state index in [1.165, 1.54) is 0 Å². The van der Waals surface area contributed by atoms with Crippen molar-refractivity contribution in [3.05, 3.63) is 52.5 Å². The van der Waals surface area contributed by atoms with Crippen LogP contribution in [0.4, 0.5) is 5.82 Å². The molecule has 0 saturated carbocycles. The average Bonchev–Trinajstić information content (AvgIpc) is 2.69. The fourth-order valence-electron chi connectivity index (χ4n) is 2.81. The van der Waals surface area contributed by atoms with Gasteiger partial charge in [-0.05, 0) is 57.4 Å². The summed E-state index contributed by atoms with van der Waals surface area (Å²) in [6.07, 6.45) is 1.05. The van der Waals surface area contributed by atoms with Gasteiger partial charge in [0.2, 0.25) is 0 Å². The number of halogens is 1. The van der Waals surface area contributed by atoms with Crippen molar-refractivity contribution in [1.82, 2.24) is 14.9 Å². The normalized spacial score (nSPS) is 11.2. The minimum atomic E-state index is 0.752. The van der Waals surface area contributed by atoms with E-state index in [9.17, 15) is 0 Å². The van der Waals surface area contributed by atoms with Crippen LogP contribution in [0.5, 0.6) is 5.75 Å². The van der Waals surface area contributed by atoms with Crippen LogP contribution in [-0.4, -0.2) is 49.2 Å². The van der Waals surface area contributed by atoms with E-state index >= 15 is 0 Å². The molecule has 2 aromatic carbocycles. The van der Waals surface area contributed by atoms with Gasteiger partial charge in [-0.3, -0.25) is 0 Å². The van der Waals surface area contributed by atoms with Crippen molar-refractivity contribution in [3.8, 4) is 5.75 Å². The molecule has 0 spiro atoms. The highest BCUT2D eigenvalue weighted by Crippen LogP contribution is 2.33. The van der Waals surface area contributed by atoms with Gasteiger partial charge in [-0.1, -0.05) is 39.8 Å². The van der Waals surface area contributed by atoms with Gasteiger partial charge in [0.15, 0.2) is 5.82 Å². The van der Waals surface area contributed by atoms with Crippen LogP contribution in [0.15, 0.2) is 52.0 Å². The van der Waals surface area contributed by atoms with Gasteiger partial charge < -0.3 is 15.0 Å². The summed E-state index contributed by atoms with van der Waals surface area (Å²) in [5, 5.41) is 4.38. The Hall–Kier alpha value is -1.83. The first kappa shape index (κ1) is 20.9. The number of hydrogen-bond donors (Lipinski definition) is 1. The molecule has 148 valence electrons. The standard InChI is InChI=1S/C21H25BrN4OS/c1-26(2)12-6-11-23-20-21(25-18-8-5-4-7-17(18)24-20)28-14-15-13-16(22)9-10-19(15)27-3/h4-5,7-10,13H,6,11-12,14H2,1-3H3,(H,23,24). The number of para-hydroxylation sites is 2. The maximum absolute atomic E-state index is 5.50. The molecule has 28 heavy (non-hydrogen) atoms. The lowest BCUT2D eigenvalue weighted by Gasteiger charge is -2.14. The Balaban J connectivity index is 1.81. The molecule has 3 rings (SSSR count). The first-order chi connectivity index (χ1) is 13.6. The van der Waals surface area contributed by atoms with Gasteiger partial charge in [0.1, 0.15) is 10.8 Å². The Kier molecular flexibility index (Phi) is 7.53. The minimum absolute atomic E-state index is 0.752. The van der Waals surface area contributed by atoms with Crippen LogP contribution >= 0.6 is 27.7 Å². The van der Waals surface area contributed by atoms with Crippen LogP contribution in [-0.2, 0) is 5.75 Å². The number of fused-ring (bicyclic) bond motifs is 1. The molecule has 1 heterocycles. The first-order valence-corrected chi connectivity index (χ1v) is 11.0. The summed E-state index contributed by atoms with van der Waals surface area (Å²) in [7, 11) is 5.87. The first-order valence-electron chi connectivity index (χ1n) is 9.17. The number of thioether (sulfide) groups is 1. The lowest BCUT2D eigenvalue weighted by Crippen LogP contribution is -2.17. The summed E-state index contributed by atoms with van der Waals surface area (Å²) in [6, 6.07) is 14.0. The number of benzene rings is 2. The van der Waals surface area contributed by atoms with Crippen molar-refractivity contribution in [2.24, 2.45) is 0 Å². The Bertz CT molecular complexity index is 935. The summed E-state index contributed by atoms with van der Waals surface area (Å²) in [4.78, 5) is 11.9. The number of rotatable bonds is 9. The van der Waals surface area contributed by atoms with E-state index in [0.29, 0.717) is 0 Å². The molecule has 0 bridgehead atoms. The van der Waals surface area contributed by atoms with Gasteiger partial charge in [-0.15, -0.1) is 0 Å². The largest absolute Gasteiger partial charge is 0.496 e. The minimum Gasteiger partial charge on any atom is -0.496 e. The van der Waals surface area contributed by atoms with E-state index in [4.69, 9.17) is 14.7 Å². The predicted molar refractivity (Wildman–Crippen MR) is 121 cm³/mol. The fourth-order valence-corrected chi connectivity index (χ4v) is 4.15. The van der Waals surface area contributed by atoms with Crippen LogP contribution in [0.1, 0.15) is 12.0 Å². The van der Waals surface area contributed by atoms with Gasteiger partial charge in [0.25, 0.3) is 0 Å². The zero-order valence-electron chi connectivity index (χ0n) is 16.4. The van der Waals surface area contributed by atoms with Crippen LogP contribution in [0.25, 0.3) is 11.0 Å². The number of hydrogen-bond acceptors (Lipinski definition) is 6. The highest BCUT2D eigenvalue weighted by Gasteiger charge is 2.12. The van der Waals surface area contributed by atoms with E-state index in [2.05, 4.69) is 46.3 Å². The van der Waals surface area contributed by atoms with Gasteiger partial charge in [-0.2, -0.15) is 0 Å². The highest BCUT2D eigenvalue weighted by atomic mass is 79.9. The lowest BCUT2D eigenvalue weighted by molar-refractivity contribution is 0.405. The third-order valence-electron chi connectivity index (χ3n) is 4.22. The second-order valence-electron chi connectivity index (χ2n) is 6.69. The quantitative estimate of drug-likeness (QED) is 0.355. The molecule has 0 fully saturated rings. The summed E-state index contributed by atoms with van der Waals surface area (Å²) in [5.41, 5.74) is 2.93. The van der Waals surface area contributed by atoms with E-state index in [0.717, 1.165) is 62.9 Å². The summed E-state index contributed by atoms with van der Waals surface area (Å²) in [5.74, 6) is 2.48. The fraction of sp³-hybridized carbons (Fsp3) is 0.333. The average molecular weight is 461 g/mol. The van der Waals surface area contributed by atoms with E-state index in [1.807, 2.05) is 36.4 Å². The molecular weight excluding hydrogens is 436 g/mol. The second-order valence-corrected chi connectivity index (χ2v) is 8.57. The number of nitrogens with zero attached hydrogens (tertiary/aromatic N) is 3. The molecule has 0 aliphatic carbocycles. The lowest BCUT2D eigenvalue weighted by atomic mass is 10.2. The third-order valence-corrected chi connectivity index (χ3v) is 5.73. The molecule has 1 aromatic heterocycles. The summed E-state index contributed by atoms with van der Waals surface area (Å²) < 4.78 is 6.54. The number of anilines is 1. The summed E-state index contributed by atoms with van der Waals surface area (Å²) in [6.45, 7) is 1.89. The van der Waals surface area contributed by atoms with Gasteiger partial charge >= 0.3 is 0 Å². The predicted octanol–water partition coefficient (Wildman–Crippen LogP) is 5.06. The maximum atomic E-state index is 5.50. The molecule has 0 aliphatic heterocycles. The molecule has 3 aromatic rings. The van der Waals surface area contributed by atoms with E-state index in [1.54, 1.807) is 18.9 Å². The zero-order valence-corrected chi connectivity index (χ0v) is 18.8.